The van der Waals surface area contributed by atoms with Gasteiger partial charge in [0.15, 0.2) is 0 Å². The van der Waals surface area contributed by atoms with E-state index in [0.29, 0.717) is 18.3 Å². The van der Waals surface area contributed by atoms with Crippen LogP contribution in [0.1, 0.15) is 38.7 Å². The molecule has 0 unspecified atom stereocenters. The van der Waals surface area contributed by atoms with Gasteiger partial charge < -0.3 is 15.5 Å². The molecule has 1 aliphatic heterocycles. The first-order valence-electron chi connectivity index (χ1n) is 9.59. The Morgan fingerprint density at radius 2 is 1.70 bits per heavy atom. The number of nitrogens with one attached hydrogen (secondary N) is 2. The zero-order valence-electron chi connectivity index (χ0n) is 16.0. The third-order valence-corrected chi connectivity index (χ3v) is 4.91. The number of nitrogens with zero attached hydrogens (tertiary/aromatic N) is 1. The number of anilines is 3. The summed E-state index contributed by atoms with van der Waals surface area (Å²) in [5.74, 6) is -0.141. The molecule has 5 heteroatoms. The highest BCUT2D eigenvalue weighted by molar-refractivity contribution is 5.95. The number of hydrogen-bond acceptors (Lipinski definition) is 3. The van der Waals surface area contributed by atoms with Crippen LogP contribution in [0.5, 0.6) is 0 Å². The van der Waals surface area contributed by atoms with Crippen molar-refractivity contribution in [3.63, 3.8) is 0 Å². The van der Waals surface area contributed by atoms with Gasteiger partial charge in [0, 0.05) is 30.0 Å². The van der Waals surface area contributed by atoms with E-state index in [0.717, 1.165) is 31.4 Å². The second kappa shape index (κ2) is 8.71. The lowest BCUT2D eigenvalue weighted by molar-refractivity contribution is -0.115. The molecule has 142 valence electrons. The number of amides is 2. The van der Waals surface area contributed by atoms with E-state index in [4.69, 9.17) is 0 Å². The van der Waals surface area contributed by atoms with Crippen LogP contribution in [0.2, 0.25) is 0 Å². The second-order valence-corrected chi connectivity index (χ2v) is 7.04. The highest BCUT2D eigenvalue weighted by atomic mass is 16.2. The summed E-state index contributed by atoms with van der Waals surface area (Å²) < 4.78 is 0. The molecule has 0 aliphatic carbocycles. The number of aryl methyl sites for hydroxylation is 1. The smallest absolute Gasteiger partial charge is 0.243 e. The van der Waals surface area contributed by atoms with Gasteiger partial charge in [-0.05, 0) is 55.2 Å². The minimum atomic E-state index is -0.113. The van der Waals surface area contributed by atoms with E-state index in [2.05, 4.69) is 40.7 Å². The number of para-hydroxylation sites is 1. The lowest BCUT2D eigenvalue weighted by Gasteiger charge is -2.38. The average Bonchev–Trinajstić information content (AvgIpc) is 2.65. The van der Waals surface area contributed by atoms with Crippen LogP contribution < -0.4 is 15.5 Å². The molecule has 1 aliphatic rings. The minimum Gasteiger partial charge on any atom is -0.359 e. The fourth-order valence-corrected chi connectivity index (χ4v) is 3.72. The van der Waals surface area contributed by atoms with Crippen LogP contribution in [0.3, 0.4) is 0 Å². The summed E-state index contributed by atoms with van der Waals surface area (Å²) >= 11 is 0. The molecule has 2 aromatic carbocycles. The quantitative estimate of drug-likeness (QED) is 0.806. The lowest BCUT2D eigenvalue weighted by atomic mass is 9.93. The maximum atomic E-state index is 12.7. The SMILES string of the molecule is CCC[C@@H]1CCc2ccccc2N1CC(=O)Nc1ccc(NC(C)=O)cc1. The van der Waals surface area contributed by atoms with Gasteiger partial charge in [0.1, 0.15) is 0 Å². The van der Waals surface area contributed by atoms with Gasteiger partial charge in [-0.3, -0.25) is 9.59 Å². The van der Waals surface area contributed by atoms with Crippen molar-refractivity contribution in [2.75, 3.05) is 22.1 Å². The van der Waals surface area contributed by atoms with Crippen LogP contribution in [0.25, 0.3) is 0 Å². The Bertz CT molecular complexity index is 801. The fourth-order valence-electron chi connectivity index (χ4n) is 3.72. The Hall–Kier alpha value is -2.82. The first-order chi connectivity index (χ1) is 13.1. The summed E-state index contributed by atoms with van der Waals surface area (Å²) in [6, 6.07) is 16.0. The lowest BCUT2D eigenvalue weighted by Crippen LogP contribution is -2.44. The van der Waals surface area contributed by atoms with Gasteiger partial charge in [-0.1, -0.05) is 31.5 Å². The summed E-state index contributed by atoms with van der Waals surface area (Å²) in [5.41, 5.74) is 3.94. The predicted molar refractivity (Wildman–Crippen MR) is 110 cm³/mol. The highest BCUT2D eigenvalue weighted by Crippen LogP contribution is 2.32. The molecular formula is C22H27N3O2. The number of rotatable bonds is 6. The Kier molecular flexibility index (Phi) is 6.12. The van der Waals surface area contributed by atoms with Crippen molar-refractivity contribution in [2.45, 2.75) is 45.6 Å². The Morgan fingerprint density at radius 3 is 2.37 bits per heavy atom. The molecule has 0 bridgehead atoms. The zero-order valence-corrected chi connectivity index (χ0v) is 16.0. The van der Waals surface area contributed by atoms with Crippen LogP contribution in [0, 0.1) is 0 Å². The van der Waals surface area contributed by atoms with Gasteiger partial charge in [-0.2, -0.15) is 0 Å². The molecule has 3 rings (SSSR count). The van der Waals surface area contributed by atoms with Gasteiger partial charge in [0.2, 0.25) is 11.8 Å². The topological polar surface area (TPSA) is 61.4 Å². The number of fused-ring (bicyclic) bond motifs is 1. The van der Waals surface area contributed by atoms with Crippen molar-refractivity contribution in [1.82, 2.24) is 0 Å². The van der Waals surface area contributed by atoms with Crippen molar-refractivity contribution in [2.24, 2.45) is 0 Å². The van der Waals surface area contributed by atoms with Crippen molar-refractivity contribution in [3.8, 4) is 0 Å². The monoisotopic (exact) mass is 365 g/mol. The van der Waals surface area contributed by atoms with E-state index >= 15 is 0 Å². The van der Waals surface area contributed by atoms with E-state index in [1.165, 1.54) is 18.2 Å². The molecular weight excluding hydrogens is 338 g/mol. The molecule has 1 atom stereocenters. The molecule has 2 amide bonds. The van der Waals surface area contributed by atoms with Crippen LogP contribution in [0.15, 0.2) is 48.5 Å². The maximum absolute atomic E-state index is 12.7. The van der Waals surface area contributed by atoms with Crippen molar-refractivity contribution in [3.05, 3.63) is 54.1 Å². The number of benzene rings is 2. The van der Waals surface area contributed by atoms with Gasteiger partial charge in [-0.25, -0.2) is 0 Å². The van der Waals surface area contributed by atoms with Gasteiger partial charge >= 0.3 is 0 Å². The third kappa shape index (κ3) is 4.88. The van der Waals surface area contributed by atoms with E-state index in [1.807, 2.05) is 6.07 Å². The van der Waals surface area contributed by atoms with E-state index in [-0.39, 0.29) is 11.8 Å². The van der Waals surface area contributed by atoms with Crippen LogP contribution in [0.4, 0.5) is 17.1 Å². The molecule has 0 spiro atoms. The van der Waals surface area contributed by atoms with E-state index < -0.39 is 0 Å². The Morgan fingerprint density at radius 1 is 1.04 bits per heavy atom. The molecule has 1 heterocycles. The van der Waals surface area contributed by atoms with Crippen molar-refractivity contribution < 1.29 is 9.59 Å². The predicted octanol–water partition coefficient (Wildman–Crippen LogP) is 4.21. The van der Waals surface area contributed by atoms with E-state index in [1.54, 1.807) is 24.3 Å². The minimum absolute atomic E-state index is 0.0277. The summed E-state index contributed by atoms with van der Waals surface area (Å²) in [5, 5.41) is 5.69. The molecule has 0 aromatic heterocycles. The number of carbonyl (C=O) groups is 2. The molecule has 2 aromatic rings. The van der Waals surface area contributed by atoms with Crippen LogP contribution in [-0.2, 0) is 16.0 Å². The largest absolute Gasteiger partial charge is 0.359 e. The standard InChI is InChI=1S/C22H27N3O2/c1-3-6-20-14-9-17-7-4-5-8-21(17)25(20)15-22(27)24-19-12-10-18(11-13-19)23-16(2)26/h4-5,7-8,10-13,20H,3,6,9,14-15H2,1-2H3,(H,23,26)(H,24,27)/t20-/m1/s1. The molecule has 0 radical (unpaired) electrons. The van der Waals surface area contributed by atoms with E-state index in [9.17, 15) is 9.59 Å². The first kappa shape index (κ1) is 19.0. The maximum Gasteiger partial charge on any atom is 0.243 e. The summed E-state index contributed by atoms with van der Waals surface area (Å²) in [7, 11) is 0. The molecule has 2 N–H and O–H groups in total. The average molecular weight is 365 g/mol. The fraction of sp³-hybridized carbons (Fsp3) is 0.364. The molecule has 27 heavy (non-hydrogen) atoms. The molecule has 0 saturated heterocycles. The molecule has 0 saturated carbocycles. The molecule has 0 fully saturated rings. The number of hydrogen-bond donors (Lipinski definition) is 2. The zero-order chi connectivity index (χ0) is 19.2. The Balaban J connectivity index is 1.69. The van der Waals surface area contributed by atoms with Gasteiger partial charge in [0.05, 0.1) is 6.54 Å². The van der Waals surface area contributed by atoms with Crippen LogP contribution in [-0.4, -0.2) is 24.4 Å². The first-order valence-corrected chi connectivity index (χ1v) is 9.59. The Labute approximate surface area is 160 Å². The second-order valence-electron chi connectivity index (χ2n) is 7.04. The summed E-state index contributed by atoms with van der Waals surface area (Å²) in [6.45, 7) is 4.00. The third-order valence-electron chi connectivity index (χ3n) is 4.91. The van der Waals surface area contributed by atoms with Gasteiger partial charge in [0.25, 0.3) is 0 Å². The van der Waals surface area contributed by atoms with Crippen LogP contribution >= 0.6 is 0 Å². The highest BCUT2D eigenvalue weighted by Gasteiger charge is 2.26. The number of carbonyl (C=O) groups excluding carboxylic acids is 2. The summed E-state index contributed by atoms with van der Waals surface area (Å²) in [4.78, 5) is 26.0. The van der Waals surface area contributed by atoms with Crippen molar-refractivity contribution in [1.29, 1.82) is 0 Å². The van der Waals surface area contributed by atoms with Gasteiger partial charge in [-0.15, -0.1) is 0 Å². The molecule has 5 nitrogen and oxygen atoms in total. The summed E-state index contributed by atoms with van der Waals surface area (Å²) in [6.07, 6.45) is 4.36. The normalized spacial score (nSPS) is 15.8. The van der Waals surface area contributed by atoms with Crippen molar-refractivity contribution >= 4 is 28.9 Å².